The van der Waals surface area contributed by atoms with Crippen molar-refractivity contribution in [3.8, 4) is 11.5 Å². The molecule has 0 aliphatic carbocycles. The molecule has 0 atom stereocenters. The van der Waals surface area contributed by atoms with E-state index < -0.39 is 0 Å². The summed E-state index contributed by atoms with van der Waals surface area (Å²) >= 11 is 6.66. The van der Waals surface area contributed by atoms with Crippen LogP contribution in [-0.2, 0) is 0 Å². The van der Waals surface area contributed by atoms with E-state index in [1.165, 1.54) is 0 Å². The maximum Gasteiger partial charge on any atom is 0.153 e. The van der Waals surface area contributed by atoms with Crippen LogP contribution in [0.5, 0.6) is 11.5 Å². The summed E-state index contributed by atoms with van der Waals surface area (Å²) in [4.78, 5) is 21.4. The van der Waals surface area contributed by atoms with Gasteiger partial charge in [-0.05, 0) is 47.2 Å². The summed E-state index contributed by atoms with van der Waals surface area (Å²) in [5, 5.41) is 9.63. The van der Waals surface area contributed by atoms with Crippen LogP contribution in [0.3, 0.4) is 0 Å². The van der Waals surface area contributed by atoms with Crippen molar-refractivity contribution in [1.82, 2.24) is 0 Å². The van der Waals surface area contributed by atoms with Crippen molar-refractivity contribution < 1.29 is 19.4 Å². The molecule has 0 heterocycles. The number of carbonyl (C=O) groups is 2. The van der Waals surface area contributed by atoms with E-state index in [1.807, 2.05) is 26.0 Å². The second-order valence-corrected chi connectivity index (χ2v) is 8.43. The molecule has 0 amide bonds. The van der Waals surface area contributed by atoms with Gasteiger partial charge in [0, 0.05) is 8.95 Å². The number of aromatic hydroxyl groups is 1. The van der Waals surface area contributed by atoms with E-state index in [-0.39, 0.29) is 11.7 Å². The molecule has 0 bridgehead atoms. The SMILES string of the molecule is CC(C)c1cc(Br)cc(C=O)c1O.COc1c(C=O)cc(Br)cc1C(C)C. The summed E-state index contributed by atoms with van der Waals surface area (Å²) in [6, 6.07) is 7.18. The van der Waals surface area contributed by atoms with Gasteiger partial charge in [-0.25, -0.2) is 0 Å². The highest BCUT2D eigenvalue weighted by molar-refractivity contribution is 9.10. The zero-order valence-electron chi connectivity index (χ0n) is 16.0. The van der Waals surface area contributed by atoms with Gasteiger partial charge in [-0.1, -0.05) is 59.6 Å². The highest BCUT2D eigenvalue weighted by atomic mass is 79.9. The summed E-state index contributed by atoms with van der Waals surface area (Å²) < 4.78 is 6.95. The normalized spacial score (nSPS) is 10.4. The molecule has 0 saturated carbocycles. The van der Waals surface area contributed by atoms with Gasteiger partial charge in [0.05, 0.1) is 18.2 Å². The fourth-order valence-corrected chi connectivity index (χ4v) is 3.55. The molecule has 6 heteroatoms. The third kappa shape index (κ3) is 6.18. The summed E-state index contributed by atoms with van der Waals surface area (Å²) in [5.41, 5.74) is 2.75. The van der Waals surface area contributed by atoms with E-state index in [2.05, 4.69) is 45.7 Å². The molecular formula is C21H24Br2O4. The van der Waals surface area contributed by atoms with E-state index in [9.17, 15) is 14.7 Å². The highest BCUT2D eigenvalue weighted by Crippen LogP contribution is 2.33. The largest absolute Gasteiger partial charge is 0.507 e. The molecule has 0 fully saturated rings. The van der Waals surface area contributed by atoms with Gasteiger partial charge in [0.2, 0.25) is 0 Å². The quantitative estimate of drug-likeness (QED) is 0.478. The Balaban J connectivity index is 0.000000271. The van der Waals surface area contributed by atoms with Crippen molar-refractivity contribution in [2.75, 3.05) is 7.11 Å². The van der Waals surface area contributed by atoms with Crippen LogP contribution < -0.4 is 4.74 Å². The molecular weight excluding hydrogens is 476 g/mol. The second-order valence-electron chi connectivity index (χ2n) is 6.60. The van der Waals surface area contributed by atoms with Crippen LogP contribution in [0.1, 0.15) is 71.4 Å². The van der Waals surface area contributed by atoms with Crippen LogP contribution in [0.15, 0.2) is 33.2 Å². The van der Waals surface area contributed by atoms with Gasteiger partial charge in [-0.15, -0.1) is 0 Å². The first kappa shape index (κ1) is 23.4. The van der Waals surface area contributed by atoms with Crippen molar-refractivity contribution in [2.24, 2.45) is 0 Å². The topological polar surface area (TPSA) is 63.6 Å². The first-order valence-corrected chi connectivity index (χ1v) is 10.0. The molecule has 0 radical (unpaired) electrons. The van der Waals surface area contributed by atoms with Crippen molar-refractivity contribution >= 4 is 44.4 Å². The Morgan fingerprint density at radius 2 is 1.30 bits per heavy atom. The lowest BCUT2D eigenvalue weighted by molar-refractivity contribution is 0.111. The van der Waals surface area contributed by atoms with Gasteiger partial charge in [0.15, 0.2) is 12.6 Å². The number of rotatable bonds is 5. The lowest BCUT2D eigenvalue weighted by Gasteiger charge is -2.14. The summed E-state index contributed by atoms with van der Waals surface area (Å²) in [7, 11) is 1.59. The lowest BCUT2D eigenvalue weighted by atomic mass is 9.99. The lowest BCUT2D eigenvalue weighted by Crippen LogP contribution is -1.98. The molecule has 0 saturated heterocycles. The number of benzene rings is 2. The smallest absolute Gasteiger partial charge is 0.153 e. The monoisotopic (exact) mass is 498 g/mol. The van der Waals surface area contributed by atoms with Crippen LogP contribution in [-0.4, -0.2) is 24.8 Å². The Kier molecular flexibility index (Phi) is 9.19. The standard InChI is InChI=1S/C11H13BrO2.C10H11BrO2/c1-7(2)10-5-9(12)4-8(6-13)11(10)14-3;1-6(2)9-4-8(11)3-7(5-12)10(9)13/h4-7H,1-3H3;3-6,13H,1-2H3. The van der Waals surface area contributed by atoms with Gasteiger partial charge in [0.25, 0.3) is 0 Å². The van der Waals surface area contributed by atoms with Crippen molar-refractivity contribution in [2.45, 2.75) is 39.5 Å². The zero-order valence-corrected chi connectivity index (χ0v) is 19.2. The Bertz CT molecular complexity index is 814. The molecule has 1 N–H and O–H groups in total. The summed E-state index contributed by atoms with van der Waals surface area (Å²) in [6.07, 6.45) is 1.47. The van der Waals surface area contributed by atoms with Gasteiger partial charge < -0.3 is 9.84 Å². The van der Waals surface area contributed by atoms with Crippen molar-refractivity contribution in [3.05, 3.63) is 55.5 Å². The second kappa shape index (κ2) is 10.6. The predicted octanol–water partition coefficient (Wildman–Crippen LogP) is 6.48. The molecule has 4 nitrogen and oxygen atoms in total. The third-order valence-corrected chi connectivity index (χ3v) is 4.86. The minimum atomic E-state index is 0.0909. The Labute approximate surface area is 177 Å². The number of carbonyl (C=O) groups excluding carboxylic acids is 2. The van der Waals surface area contributed by atoms with Gasteiger partial charge in [-0.2, -0.15) is 0 Å². The van der Waals surface area contributed by atoms with E-state index in [4.69, 9.17) is 4.74 Å². The molecule has 146 valence electrons. The Morgan fingerprint density at radius 1 is 0.852 bits per heavy atom. The maximum absolute atomic E-state index is 10.8. The van der Waals surface area contributed by atoms with Gasteiger partial charge in [0.1, 0.15) is 11.5 Å². The van der Waals surface area contributed by atoms with Crippen LogP contribution in [0.25, 0.3) is 0 Å². The molecule has 2 rings (SSSR count). The number of phenols is 1. The molecule has 27 heavy (non-hydrogen) atoms. The van der Waals surface area contributed by atoms with Crippen LogP contribution in [0.2, 0.25) is 0 Å². The summed E-state index contributed by atoms with van der Waals surface area (Å²) in [6.45, 7) is 8.07. The molecule has 0 aliphatic heterocycles. The minimum Gasteiger partial charge on any atom is -0.507 e. The molecule has 0 aliphatic rings. The molecule has 0 unspecified atom stereocenters. The molecule has 2 aromatic carbocycles. The number of methoxy groups -OCH3 is 1. The number of hydrogen-bond donors (Lipinski definition) is 1. The Morgan fingerprint density at radius 3 is 1.70 bits per heavy atom. The highest BCUT2D eigenvalue weighted by Gasteiger charge is 2.13. The fraction of sp³-hybridized carbons (Fsp3) is 0.333. The molecule has 0 aromatic heterocycles. The van der Waals surface area contributed by atoms with Crippen molar-refractivity contribution in [3.63, 3.8) is 0 Å². The van der Waals surface area contributed by atoms with Gasteiger partial charge >= 0.3 is 0 Å². The van der Waals surface area contributed by atoms with E-state index in [0.29, 0.717) is 29.1 Å². The molecule has 2 aromatic rings. The zero-order chi connectivity index (χ0) is 20.7. The number of hydrogen-bond acceptors (Lipinski definition) is 4. The Hall–Kier alpha value is -1.66. The number of halogens is 2. The van der Waals surface area contributed by atoms with E-state index in [0.717, 1.165) is 26.4 Å². The van der Waals surface area contributed by atoms with E-state index in [1.54, 1.807) is 19.2 Å². The van der Waals surface area contributed by atoms with Crippen molar-refractivity contribution in [1.29, 1.82) is 0 Å². The van der Waals surface area contributed by atoms with Crippen LogP contribution >= 0.6 is 31.9 Å². The predicted molar refractivity (Wildman–Crippen MR) is 115 cm³/mol. The third-order valence-electron chi connectivity index (χ3n) is 3.95. The van der Waals surface area contributed by atoms with E-state index >= 15 is 0 Å². The maximum atomic E-state index is 10.8. The minimum absolute atomic E-state index is 0.0909. The first-order valence-electron chi connectivity index (χ1n) is 8.46. The fourth-order valence-electron chi connectivity index (χ4n) is 2.56. The average molecular weight is 500 g/mol. The summed E-state index contributed by atoms with van der Waals surface area (Å²) in [5.74, 6) is 1.31. The van der Waals surface area contributed by atoms with Crippen LogP contribution in [0.4, 0.5) is 0 Å². The number of aldehydes is 2. The average Bonchev–Trinajstić information content (AvgIpc) is 2.62. The first-order chi connectivity index (χ1) is 12.7. The van der Waals surface area contributed by atoms with Gasteiger partial charge in [-0.3, -0.25) is 9.59 Å². The number of phenolic OH excluding ortho intramolecular Hbond substituents is 1. The molecule has 0 spiro atoms. The number of ether oxygens (including phenoxy) is 1. The van der Waals surface area contributed by atoms with Crippen LogP contribution in [0, 0.1) is 0 Å².